The number of rotatable bonds is 3. The van der Waals surface area contributed by atoms with E-state index in [0.29, 0.717) is 22.4 Å². The summed E-state index contributed by atoms with van der Waals surface area (Å²) in [6.07, 6.45) is 0. The molecule has 3 rings (SSSR count). The molecule has 0 fully saturated rings. The predicted octanol–water partition coefficient (Wildman–Crippen LogP) is 4.08. The van der Waals surface area contributed by atoms with Crippen molar-refractivity contribution in [1.82, 2.24) is 9.97 Å². The van der Waals surface area contributed by atoms with Gasteiger partial charge in [0.1, 0.15) is 11.6 Å². The molecule has 0 spiro atoms. The summed E-state index contributed by atoms with van der Waals surface area (Å²) < 4.78 is 14.1. The number of nitro groups is 1. The lowest BCUT2D eigenvalue weighted by atomic mass is 10.1. The summed E-state index contributed by atoms with van der Waals surface area (Å²) in [5, 5.41) is 11.4. The van der Waals surface area contributed by atoms with Crippen LogP contribution in [0.2, 0.25) is 0 Å². The first-order valence-corrected chi connectivity index (χ1v) is 6.89. The highest BCUT2D eigenvalue weighted by Gasteiger charge is 2.16. The molecule has 5 nitrogen and oxygen atoms in total. The van der Waals surface area contributed by atoms with Crippen LogP contribution in [-0.2, 0) is 5.88 Å². The van der Waals surface area contributed by atoms with E-state index in [4.69, 9.17) is 11.6 Å². The first-order chi connectivity index (χ1) is 10.6. The lowest BCUT2D eigenvalue weighted by molar-refractivity contribution is -0.384. The fourth-order valence-electron chi connectivity index (χ4n) is 2.20. The minimum Gasteiger partial charge on any atom is -0.258 e. The van der Waals surface area contributed by atoms with Crippen molar-refractivity contribution >= 4 is 28.2 Å². The molecule has 0 amide bonds. The molecule has 0 radical (unpaired) electrons. The Balaban J connectivity index is 2.37. The lowest BCUT2D eigenvalue weighted by Crippen LogP contribution is -1.99. The summed E-state index contributed by atoms with van der Waals surface area (Å²) in [4.78, 5) is 18.9. The maximum atomic E-state index is 14.1. The molecule has 0 bridgehead atoms. The fourth-order valence-corrected chi connectivity index (χ4v) is 2.32. The van der Waals surface area contributed by atoms with Gasteiger partial charge in [-0.3, -0.25) is 10.1 Å². The van der Waals surface area contributed by atoms with Crippen molar-refractivity contribution in [1.29, 1.82) is 0 Å². The van der Waals surface area contributed by atoms with Crippen molar-refractivity contribution in [3.63, 3.8) is 0 Å². The molecular weight excluding hydrogens is 309 g/mol. The molecule has 0 aliphatic heterocycles. The van der Waals surface area contributed by atoms with Crippen LogP contribution in [0.4, 0.5) is 10.1 Å². The van der Waals surface area contributed by atoms with Crippen LogP contribution in [0.1, 0.15) is 5.82 Å². The molecule has 0 unspecified atom stereocenters. The van der Waals surface area contributed by atoms with Gasteiger partial charge in [0.15, 0.2) is 0 Å². The number of hydrogen-bond acceptors (Lipinski definition) is 4. The number of hydrogen-bond donors (Lipinski definition) is 0. The molecule has 3 aromatic rings. The maximum Gasteiger partial charge on any atom is 0.270 e. The van der Waals surface area contributed by atoms with E-state index in [2.05, 4.69) is 9.97 Å². The van der Waals surface area contributed by atoms with Crippen LogP contribution in [0, 0.1) is 15.9 Å². The van der Waals surface area contributed by atoms with Crippen LogP contribution in [0.5, 0.6) is 0 Å². The molecule has 0 aliphatic carbocycles. The lowest BCUT2D eigenvalue weighted by Gasteiger charge is -2.08. The quantitative estimate of drug-likeness (QED) is 0.414. The smallest absolute Gasteiger partial charge is 0.258 e. The number of nitro benzene ring substituents is 1. The molecular formula is C15H9ClFN3O2. The van der Waals surface area contributed by atoms with Gasteiger partial charge in [-0.15, -0.1) is 11.6 Å². The number of halogens is 2. The fraction of sp³-hybridized carbons (Fsp3) is 0.0667. The summed E-state index contributed by atoms with van der Waals surface area (Å²) in [7, 11) is 0. The van der Waals surface area contributed by atoms with Gasteiger partial charge < -0.3 is 0 Å². The normalized spacial score (nSPS) is 10.8. The van der Waals surface area contributed by atoms with Crippen molar-refractivity contribution < 1.29 is 9.31 Å². The second-order valence-electron chi connectivity index (χ2n) is 4.56. The van der Waals surface area contributed by atoms with Crippen LogP contribution in [-0.4, -0.2) is 14.9 Å². The van der Waals surface area contributed by atoms with Gasteiger partial charge in [-0.1, -0.05) is 12.1 Å². The monoisotopic (exact) mass is 317 g/mol. The SMILES string of the molecule is O=[N+]([O-])c1ccc2nc(CCl)nc(-c3ccccc3F)c2c1. The summed E-state index contributed by atoms with van der Waals surface area (Å²) in [5.41, 5.74) is 0.922. The van der Waals surface area contributed by atoms with Gasteiger partial charge in [-0.25, -0.2) is 14.4 Å². The zero-order valence-corrected chi connectivity index (χ0v) is 11.9. The molecule has 0 saturated carbocycles. The van der Waals surface area contributed by atoms with Crippen molar-refractivity contribution in [2.45, 2.75) is 5.88 Å². The third-order valence-electron chi connectivity index (χ3n) is 3.18. The molecule has 2 aromatic carbocycles. The van der Waals surface area contributed by atoms with E-state index in [0.717, 1.165) is 0 Å². The number of aromatic nitrogens is 2. The first kappa shape index (κ1) is 14.3. The predicted molar refractivity (Wildman–Crippen MR) is 81.1 cm³/mol. The number of alkyl halides is 1. The minimum absolute atomic E-state index is 0.0639. The maximum absolute atomic E-state index is 14.1. The van der Waals surface area contributed by atoms with E-state index >= 15 is 0 Å². The Bertz CT molecular complexity index is 886. The Morgan fingerprint density at radius 1 is 1.18 bits per heavy atom. The number of nitrogens with zero attached hydrogens (tertiary/aromatic N) is 3. The van der Waals surface area contributed by atoms with Crippen molar-refractivity contribution in [2.75, 3.05) is 0 Å². The minimum atomic E-state index is -0.514. The van der Waals surface area contributed by atoms with E-state index in [9.17, 15) is 14.5 Å². The van der Waals surface area contributed by atoms with E-state index in [1.807, 2.05) is 0 Å². The summed E-state index contributed by atoms with van der Waals surface area (Å²) in [5.74, 6) is -0.0650. The number of non-ortho nitro benzene ring substituents is 1. The first-order valence-electron chi connectivity index (χ1n) is 6.36. The Morgan fingerprint density at radius 2 is 1.95 bits per heavy atom. The molecule has 0 N–H and O–H groups in total. The molecule has 0 atom stereocenters. The standard InChI is InChI=1S/C15H9ClFN3O2/c16-8-14-18-13-6-5-9(20(21)22)7-11(13)15(19-14)10-3-1-2-4-12(10)17/h1-7H,8H2. The van der Waals surface area contributed by atoms with Crippen molar-refractivity contribution in [3.8, 4) is 11.3 Å². The summed E-state index contributed by atoms with van der Waals surface area (Å²) in [6, 6.07) is 10.3. The van der Waals surface area contributed by atoms with Crippen LogP contribution < -0.4 is 0 Å². The van der Waals surface area contributed by atoms with Gasteiger partial charge in [-0.2, -0.15) is 0 Å². The number of benzene rings is 2. The highest BCUT2D eigenvalue weighted by atomic mass is 35.5. The van der Waals surface area contributed by atoms with E-state index in [1.54, 1.807) is 18.2 Å². The Hall–Kier alpha value is -2.60. The molecule has 0 aliphatic rings. The molecule has 1 aromatic heterocycles. The molecule has 22 heavy (non-hydrogen) atoms. The van der Waals surface area contributed by atoms with E-state index in [-0.39, 0.29) is 17.1 Å². The van der Waals surface area contributed by atoms with Gasteiger partial charge in [0.25, 0.3) is 5.69 Å². The highest BCUT2D eigenvalue weighted by Crippen LogP contribution is 2.30. The Kier molecular flexibility index (Phi) is 3.68. The molecule has 110 valence electrons. The van der Waals surface area contributed by atoms with Crippen LogP contribution >= 0.6 is 11.6 Å². The summed E-state index contributed by atoms with van der Waals surface area (Å²) >= 11 is 5.78. The highest BCUT2D eigenvalue weighted by molar-refractivity contribution is 6.16. The van der Waals surface area contributed by atoms with Gasteiger partial charge in [0, 0.05) is 23.1 Å². The largest absolute Gasteiger partial charge is 0.270 e. The van der Waals surface area contributed by atoms with Crippen molar-refractivity contribution in [3.05, 3.63) is 64.2 Å². The van der Waals surface area contributed by atoms with Crippen LogP contribution in [0.25, 0.3) is 22.2 Å². The molecule has 0 saturated heterocycles. The third-order valence-corrected chi connectivity index (χ3v) is 3.42. The van der Waals surface area contributed by atoms with E-state index in [1.165, 1.54) is 24.3 Å². The molecule has 1 heterocycles. The second-order valence-corrected chi connectivity index (χ2v) is 4.83. The topological polar surface area (TPSA) is 68.9 Å². The van der Waals surface area contributed by atoms with Crippen molar-refractivity contribution in [2.24, 2.45) is 0 Å². The number of fused-ring (bicyclic) bond motifs is 1. The zero-order chi connectivity index (χ0) is 15.7. The van der Waals surface area contributed by atoms with E-state index < -0.39 is 10.7 Å². The third kappa shape index (κ3) is 2.48. The van der Waals surface area contributed by atoms with Gasteiger partial charge in [-0.05, 0) is 18.2 Å². The average molecular weight is 318 g/mol. The Labute approximate surface area is 129 Å². The van der Waals surface area contributed by atoms with Crippen LogP contribution in [0.3, 0.4) is 0 Å². The second kappa shape index (κ2) is 5.65. The van der Waals surface area contributed by atoms with Gasteiger partial charge >= 0.3 is 0 Å². The average Bonchev–Trinajstić information content (AvgIpc) is 2.53. The summed E-state index contributed by atoms with van der Waals surface area (Å²) in [6.45, 7) is 0. The van der Waals surface area contributed by atoms with Gasteiger partial charge in [0.05, 0.1) is 22.0 Å². The Morgan fingerprint density at radius 3 is 2.64 bits per heavy atom. The van der Waals surface area contributed by atoms with Crippen LogP contribution in [0.15, 0.2) is 42.5 Å². The zero-order valence-electron chi connectivity index (χ0n) is 11.2. The molecule has 7 heteroatoms. The van der Waals surface area contributed by atoms with Gasteiger partial charge in [0.2, 0.25) is 0 Å².